The molecule has 1 aliphatic heterocycles. The van der Waals surface area contributed by atoms with Crippen molar-refractivity contribution in [3.63, 3.8) is 0 Å². The number of rotatable bonds is 6. The van der Waals surface area contributed by atoms with Crippen molar-refractivity contribution in [3.05, 3.63) is 70.6 Å². The highest BCUT2D eigenvalue weighted by molar-refractivity contribution is 8.26. The number of thiocarbonyl (C=S) groups is 1. The molecule has 0 aromatic heterocycles. The van der Waals surface area contributed by atoms with Gasteiger partial charge in [-0.15, -0.1) is 0 Å². The first-order valence-electron chi connectivity index (χ1n) is 9.02. The van der Waals surface area contributed by atoms with Crippen molar-refractivity contribution in [2.45, 2.75) is 13.8 Å². The lowest BCUT2D eigenvalue weighted by Crippen LogP contribution is -2.44. The average Bonchev–Trinajstić information content (AvgIpc) is 2.98. The predicted molar refractivity (Wildman–Crippen MR) is 119 cm³/mol. The van der Waals surface area contributed by atoms with E-state index in [2.05, 4.69) is 24.2 Å². The van der Waals surface area contributed by atoms with E-state index in [0.29, 0.717) is 14.8 Å². The third kappa shape index (κ3) is 4.43. The highest BCUT2D eigenvalue weighted by Gasteiger charge is 2.33. The summed E-state index contributed by atoms with van der Waals surface area (Å²) in [5.74, 6) is -0.700. The van der Waals surface area contributed by atoms with Crippen molar-refractivity contribution in [1.29, 1.82) is 0 Å². The van der Waals surface area contributed by atoms with E-state index in [1.807, 2.05) is 30.3 Å². The molecule has 0 unspecified atom stereocenters. The van der Waals surface area contributed by atoms with Crippen LogP contribution in [0.1, 0.15) is 29.8 Å². The van der Waals surface area contributed by atoms with Gasteiger partial charge in [0.2, 0.25) is 0 Å². The van der Waals surface area contributed by atoms with Crippen LogP contribution in [0.5, 0.6) is 0 Å². The summed E-state index contributed by atoms with van der Waals surface area (Å²) < 4.78 is 0.306. The van der Waals surface area contributed by atoms with E-state index >= 15 is 0 Å². The molecule has 0 spiro atoms. The molecule has 1 aliphatic rings. The normalized spacial score (nSPS) is 15.2. The smallest absolute Gasteiger partial charge is 0.285 e. The molecule has 3 rings (SSSR count). The molecule has 1 N–H and O–H groups in total. The number of anilines is 1. The highest BCUT2D eigenvalue weighted by atomic mass is 32.2. The Morgan fingerprint density at radius 1 is 1.11 bits per heavy atom. The van der Waals surface area contributed by atoms with E-state index in [0.717, 1.165) is 29.3 Å². The maximum atomic E-state index is 12.7. The van der Waals surface area contributed by atoms with Gasteiger partial charge in [0.25, 0.3) is 11.8 Å². The summed E-state index contributed by atoms with van der Waals surface area (Å²) in [5, 5.41) is 1.13. The predicted octanol–water partition coefficient (Wildman–Crippen LogP) is 4.08. The fourth-order valence-corrected chi connectivity index (χ4v) is 4.02. The fraction of sp³-hybridized carbons (Fsp3) is 0.190. The van der Waals surface area contributed by atoms with Crippen LogP contribution >= 0.6 is 24.0 Å². The highest BCUT2D eigenvalue weighted by Crippen LogP contribution is 2.31. The minimum atomic E-state index is -0.373. The van der Waals surface area contributed by atoms with Gasteiger partial charge in [-0.3, -0.25) is 15.0 Å². The first-order valence-corrected chi connectivity index (χ1v) is 10.2. The minimum Gasteiger partial charge on any atom is -0.372 e. The summed E-state index contributed by atoms with van der Waals surface area (Å²) in [5.41, 5.74) is 5.10. The zero-order chi connectivity index (χ0) is 20.1. The number of carbonyl (C=O) groups is 2. The second-order valence-electron chi connectivity index (χ2n) is 6.09. The van der Waals surface area contributed by atoms with Crippen LogP contribution in [0, 0.1) is 0 Å². The number of hydrogen-bond acceptors (Lipinski definition) is 5. The zero-order valence-electron chi connectivity index (χ0n) is 15.7. The van der Waals surface area contributed by atoms with Crippen LogP contribution in [0.3, 0.4) is 0 Å². The van der Waals surface area contributed by atoms with Crippen molar-refractivity contribution >= 4 is 51.9 Å². The molecule has 5 nitrogen and oxygen atoms in total. The Bertz CT molecular complexity index is 907. The van der Waals surface area contributed by atoms with E-state index in [-0.39, 0.29) is 11.8 Å². The molecule has 0 aliphatic carbocycles. The van der Waals surface area contributed by atoms with Gasteiger partial charge in [-0.2, -0.15) is 5.01 Å². The van der Waals surface area contributed by atoms with Crippen LogP contribution in [0.25, 0.3) is 6.08 Å². The molecule has 1 heterocycles. The standard InChI is InChI=1S/C21H21N3O2S2/c1-3-23(4-2)17-12-10-15(11-13-17)14-18-20(26)24(21(27)28-18)22-19(25)16-8-6-5-7-9-16/h5-14H,3-4H2,1-2H3,(H,22,25)/b18-14+. The van der Waals surface area contributed by atoms with E-state index in [9.17, 15) is 9.59 Å². The van der Waals surface area contributed by atoms with Crippen LogP contribution in [0.4, 0.5) is 5.69 Å². The van der Waals surface area contributed by atoms with Gasteiger partial charge in [0, 0.05) is 24.3 Å². The van der Waals surface area contributed by atoms with Crippen LogP contribution in [0.15, 0.2) is 59.5 Å². The lowest BCUT2D eigenvalue weighted by Gasteiger charge is -2.20. The molecule has 2 amide bonds. The molecule has 1 saturated heterocycles. The molecule has 2 aromatic rings. The van der Waals surface area contributed by atoms with Gasteiger partial charge in [0.1, 0.15) is 0 Å². The average molecular weight is 412 g/mol. The summed E-state index contributed by atoms with van der Waals surface area (Å²) in [4.78, 5) is 27.7. The van der Waals surface area contributed by atoms with Crippen molar-refractivity contribution in [3.8, 4) is 0 Å². The summed E-state index contributed by atoms with van der Waals surface area (Å²) in [6.45, 7) is 6.12. The molecule has 144 valence electrons. The van der Waals surface area contributed by atoms with Gasteiger partial charge in [-0.1, -0.05) is 42.1 Å². The van der Waals surface area contributed by atoms with Gasteiger partial charge in [-0.05, 0) is 62.0 Å². The summed E-state index contributed by atoms with van der Waals surface area (Å²) in [6, 6.07) is 16.7. The number of nitrogens with one attached hydrogen (secondary N) is 1. The number of benzene rings is 2. The zero-order valence-corrected chi connectivity index (χ0v) is 17.3. The van der Waals surface area contributed by atoms with Crippen LogP contribution in [-0.4, -0.2) is 34.2 Å². The molecule has 28 heavy (non-hydrogen) atoms. The molecule has 1 fully saturated rings. The quantitative estimate of drug-likeness (QED) is 0.573. The number of hydrogen-bond donors (Lipinski definition) is 1. The Hall–Kier alpha value is -2.64. The van der Waals surface area contributed by atoms with E-state index in [1.54, 1.807) is 30.3 Å². The summed E-state index contributed by atoms with van der Waals surface area (Å²) in [7, 11) is 0. The minimum absolute atomic E-state index is 0.306. The molecule has 0 bridgehead atoms. The Kier molecular flexibility index (Phi) is 6.49. The van der Waals surface area contributed by atoms with E-state index < -0.39 is 0 Å². The third-order valence-electron chi connectivity index (χ3n) is 4.36. The second kappa shape index (κ2) is 9.03. The first kappa shape index (κ1) is 20.1. The number of amides is 2. The van der Waals surface area contributed by atoms with Gasteiger partial charge in [0.05, 0.1) is 4.91 Å². The lowest BCUT2D eigenvalue weighted by atomic mass is 10.1. The van der Waals surface area contributed by atoms with E-state index in [4.69, 9.17) is 12.2 Å². The Labute approximate surface area is 174 Å². The van der Waals surface area contributed by atoms with Crippen molar-refractivity contribution < 1.29 is 9.59 Å². The SMILES string of the molecule is CCN(CC)c1ccc(/C=C2/SC(=S)N(NC(=O)c3ccccc3)C2=O)cc1. The molecule has 0 saturated carbocycles. The fourth-order valence-electron chi connectivity index (χ4n) is 2.84. The topological polar surface area (TPSA) is 52.6 Å². The second-order valence-corrected chi connectivity index (χ2v) is 7.76. The third-order valence-corrected chi connectivity index (χ3v) is 5.66. The molecular weight excluding hydrogens is 390 g/mol. The number of hydrazine groups is 1. The molecule has 0 radical (unpaired) electrons. The molecule has 2 aromatic carbocycles. The molecular formula is C21H21N3O2S2. The molecule has 7 heteroatoms. The number of thioether (sulfide) groups is 1. The van der Waals surface area contributed by atoms with E-state index in [1.165, 1.54) is 11.8 Å². The van der Waals surface area contributed by atoms with Gasteiger partial charge in [0.15, 0.2) is 4.32 Å². The van der Waals surface area contributed by atoms with Crippen molar-refractivity contribution in [2.24, 2.45) is 0 Å². The Balaban J connectivity index is 1.73. The maximum absolute atomic E-state index is 12.7. The van der Waals surface area contributed by atoms with Gasteiger partial charge >= 0.3 is 0 Å². The monoisotopic (exact) mass is 411 g/mol. The summed E-state index contributed by atoms with van der Waals surface area (Å²) in [6.07, 6.45) is 1.79. The summed E-state index contributed by atoms with van der Waals surface area (Å²) >= 11 is 6.45. The van der Waals surface area contributed by atoms with Crippen LogP contribution in [-0.2, 0) is 4.79 Å². The number of carbonyl (C=O) groups excluding carboxylic acids is 2. The van der Waals surface area contributed by atoms with Crippen LogP contribution in [0.2, 0.25) is 0 Å². The van der Waals surface area contributed by atoms with Crippen molar-refractivity contribution in [2.75, 3.05) is 18.0 Å². The van der Waals surface area contributed by atoms with Gasteiger partial charge < -0.3 is 4.90 Å². The number of nitrogens with zero attached hydrogens (tertiary/aromatic N) is 2. The molecule has 0 atom stereocenters. The van der Waals surface area contributed by atoms with Crippen LogP contribution < -0.4 is 10.3 Å². The maximum Gasteiger partial charge on any atom is 0.285 e. The lowest BCUT2D eigenvalue weighted by molar-refractivity contribution is -0.123. The van der Waals surface area contributed by atoms with Crippen molar-refractivity contribution in [1.82, 2.24) is 10.4 Å². The Morgan fingerprint density at radius 2 is 1.75 bits per heavy atom. The first-order chi connectivity index (χ1) is 13.5. The largest absolute Gasteiger partial charge is 0.372 e. The Morgan fingerprint density at radius 3 is 2.36 bits per heavy atom. The van der Waals surface area contributed by atoms with Gasteiger partial charge in [-0.25, -0.2) is 0 Å².